The van der Waals surface area contributed by atoms with E-state index in [9.17, 15) is 10.2 Å². The van der Waals surface area contributed by atoms with E-state index >= 15 is 0 Å². The van der Waals surface area contributed by atoms with Crippen molar-refractivity contribution in [3.05, 3.63) is 59.2 Å². The Kier molecular flexibility index (Phi) is 4.66. The summed E-state index contributed by atoms with van der Waals surface area (Å²) in [6, 6.07) is 14.9. The first-order chi connectivity index (χ1) is 16.5. The van der Waals surface area contributed by atoms with Gasteiger partial charge in [-0.2, -0.15) is 0 Å². The molecule has 0 amide bonds. The van der Waals surface area contributed by atoms with Crippen LogP contribution in [-0.4, -0.2) is 63.4 Å². The third-order valence-corrected chi connectivity index (χ3v) is 9.84. The lowest BCUT2D eigenvalue weighted by Gasteiger charge is -2.65. The van der Waals surface area contributed by atoms with Crippen molar-refractivity contribution in [3.8, 4) is 11.5 Å². The minimum atomic E-state index is -0.806. The number of aromatic hydroxyl groups is 1. The molecule has 2 heterocycles. The fourth-order valence-corrected chi connectivity index (χ4v) is 8.11. The van der Waals surface area contributed by atoms with Crippen molar-refractivity contribution in [1.82, 2.24) is 9.80 Å². The SMILES string of the molecule is CCN(Cc1ccccc1)[C@@H]1CC[C@@]2(O)[C@H]3Cc4ccc(O)c5c4[C@@]2(CCN3CC2CC2)[C@H]1O5. The van der Waals surface area contributed by atoms with Gasteiger partial charge in [-0.05, 0) is 74.7 Å². The van der Waals surface area contributed by atoms with Gasteiger partial charge in [0.05, 0.1) is 11.0 Å². The van der Waals surface area contributed by atoms with E-state index in [0.717, 1.165) is 63.3 Å². The van der Waals surface area contributed by atoms with Crippen molar-refractivity contribution >= 4 is 0 Å². The molecule has 5 atom stereocenters. The van der Waals surface area contributed by atoms with Crippen molar-refractivity contribution < 1.29 is 14.9 Å². The average Bonchev–Trinajstić information content (AvgIpc) is 3.59. The highest BCUT2D eigenvalue weighted by Crippen LogP contribution is 2.66. The zero-order valence-corrected chi connectivity index (χ0v) is 20.1. The van der Waals surface area contributed by atoms with Crippen LogP contribution >= 0.6 is 0 Å². The normalized spacial score (nSPS) is 35.8. The number of rotatable bonds is 6. The van der Waals surface area contributed by atoms with Crippen LogP contribution in [0.15, 0.2) is 42.5 Å². The number of piperidine rings is 1. The van der Waals surface area contributed by atoms with Gasteiger partial charge in [-0.1, -0.05) is 43.3 Å². The quantitative estimate of drug-likeness (QED) is 0.686. The maximum Gasteiger partial charge on any atom is 0.165 e. The number of phenols is 1. The molecule has 0 aromatic heterocycles. The number of likely N-dealkylation sites (tertiary alicyclic amines) is 1. The van der Waals surface area contributed by atoms with E-state index in [0.29, 0.717) is 5.75 Å². The Balaban J connectivity index is 1.32. The second kappa shape index (κ2) is 7.46. The minimum absolute atomic E-state index is 0.136. The first kappa shape index (κ1) is 21.2. The Morgan fingerprint density at radius 1 is 1.09 bits per heavy atom. The van der Waals surface area contributed by atoms with E-state index in [1.54, 1.807) is 0 Å². The Morgan fingerprint density at radius 2 is 1.91 bits per heavy atom. The third-order valence-electron chi connectivity index (χ3n) is 9.84. The first-order valence-electron chi connectivity index (χ1n) is 13.3. The highest BCUT2D eigenvalue weighted by Gasteiger charge is 2.73. The molecule has 5 heteroatoms. The maximum atomic E-state index is 12.6. The number of benzene rings is 2. The van der Waals surface area contributed by atoms with Crippen LogP contribution in [0.2, 0.25) is 0 Å². The molecule has 7 rings (SSSR count). The van der Waals surface area contributed by atoms with Gasteiger partial charge in [0, 0.05) is 30.7 Å². The van der Waals surface area contributed by atoms with Gasteiger partial charge in [-0.25, -0.2) is 0 Å². The highest BCUT2D eigenvalue weighted by molar-refractivity contribution is 5.62. The fraction of sp³-hybridized carbons (Fsp3) is 0.586. The summed E-state index contributed by atoms with van der Waals surface area (Å²) < 4.78 is 6.77. The van der Waals surface area contributed by atoms with E-state index in [1.165, 1.54) is 24.0 Å². The van der Waals surface area contributed by atoms with Gasteiger partial charge in [-0.15, -0.1) is 0 Å². The molecule has 2 bridgehead atoms. The van der Waals surface area contributed by atoms with Crippen molar-refractivity contribution in [2.45, 2.75) is 81.2 Å². The van der Waals surface area contributed by atoms with Crippen LogP contribution in [0.3, 0.4) is 0 Å². The predicted molar refractivity (Wildman–Crippen MR) is 131 cm³/mol. The van der Waals surface area contributed by atoms with Crippen LogP contribution in [0.1, 0.15) is 55.7 Å². The molecular weight excluding hydrogens is 424 g/mol. The van der Waals surface area contributed by atoms with Crippen LogP contribution in [0.5, 0.6) is 11.5 Å². The molecule has 180 valence electrons. The largest absolute Gasteiger partial charge is 0.504 e. The second-order valence-corrected chi connectivity index (χ2v) is 11.4. The summed E-state index contributed by atoms with van der Waals surface area (Å²) in [5, 5.41) is 23.5. The van der Waals surface area contributed by atoms with E-state index < -0.39 is 11.0 Å². The van der Waals surface area contributed by atoms with Crippen molar-refractivity contribution in [1.29, 1.82) is 0 Å². The molecule has 5 aliphatic rings. The van der Waals surface area contributed by atoms with E-state index in [1.807, 2.05) is 6.07 Å². The van der Waals surface area contributed by atoms with Gasteiger partial charge in [-0.3, -0.25) is 9.80 Å². The molecule has 5 nitrogen and oxygen atoms in total. The lowest BCUT2D eigenvalue weighted by molar-refractivity contribution is -0.201. The van der Waals surface area contributed by atoms with Crippen molar-refractivity contribution in [2.75, 3.05) is 19.6 Å². The van der Waals surface area contributed by atoms with Crippen LogP contribution in [0.4, 0.5) is 0 Å². The Bertz CT molecular complexity index is 1100. The molecule has 2 N–H and O–H groups in total. The Hall–Kier alpha value is -2.08. The van der Waals surface area contributed by atoms with Crippen LogP contribution < -0.4 is 4.74 Å². The summed E-state index contributed by atoms with van der Waals surface area (Å²) in [7, 11) is 0. The van der Waals surface area contributed by atoms with Gasteiger partial charge >= 0.3 is 0 Å². The Morgan fingerprint density at radius 3 is 2.68 bits per heavy atom. The molecule has 0 unspecified atom stereocenters. The number of hydrogen-bond acceptors (Lipinski definition) is 5. The van der Waals surface area contributed by atoms with Crippen LogP contribution in [0.25, 0.3) is 0 Å². The molecule has 2 aromatic rings. The summed E-state index contributed by atoms with van der Waals surface area (Å²) in [6.45, 7) is 6.17. The number of phenolic OH excluding ortho intramolecular Hbond substituents is 1. The smallest absolute Gasteiger partial charge is 0.165 e. The molecular formula is C29H36N2O3. The first-order valence-corrected chi connectivity index (χ1v) is 13.3. The van der Waals surface area contributed by atoms with E-state index in [-0.39, 0.29) is 23.9 Å². The number of aliphatic hydroxyl groups is 1. The highest BCUT2D eigenvalue weighted by atomic mass is 16.5. The number of ether oxygens (including phenoxy) is 1. The maximum absolute atomic E-state index is 12.6. The standard InChI is InChI=1S/C29H36N2O3/c1-2-30(17-19-6-4-3-5-7-19)22-12-13-29(33)24-16-21-10-11-23(32)26-25(21)28(29,27(22)34-26)14-15-31(24)18-20-8-9-20/h3-7,10-11,20,22,24,27,32-33H,2,8-9,12-18H2,1H3/t22-,24-,27+,28+,29-/m1/s1. The Labute approximate surface area is 202 Å². The topological polar surface area (TPSA) is 56.2 Å². The summed E-state index contributed by atoms with van der Waals surface area (Å²) in [6.07, 6.45) is 6.00. The van der Waals surface area contributed by atoms with Crippen LogP contribution in [0, 0.1) is 5.92 Å². The zero-order valence-electron chi connectivity index (χ0n) is 20.1. The zero-order chi connectivity index (χ0) is 23.1. The molecule has 0 radical (unpaired) electrons. The third kappa shape index (κ3) is 2.78. The fourth-order valence-electron chi connectivity index (χ4n) is 8.11. The van der Waals surface area contributed by atoms with Gasteiger partial charge < -0.3 is 14.9 Å². The molecule has 2 aromatic carbocycles. The van der Waals surface area contributed by atoms with Gasteiger partial charge in [0.2, 0.25) is 0 Å². The molecule has 3 aliphatic carbocycles. The molecule has 1 spiro atoms. The lowest BCUT2D eigenvalue weighted by Crippen LogP contribution is -2.78. The second-order valence-electron chi connectivity index (χ2n) is 11.4. The number of hydrogen-bond donors (Lipinski definition) is 2. The van der Waals surface area contributed by atoms with Crippen LogP contribution in [-0.2, 0) is 18.4 Å². The molecule has 2 saturated carbocycles. The summed E-state index contributed by atoms with van der Waals surface area (Å²) >= 11 is 0. The van der Waals surface area contributed by atoms with Crippen molar-refractivity contribution in [3.63, 3.8) is 0 Å². The molecule has 1 saturated heterocycles. The average molecular weight is 461 g/mol. The number of nitrogens with zero attached hydrogens (tertiary/aromatic N) is 2. The number of likely N-dealkylation sites (N-methyl/N-ethyl adjacent to an activating group) is 1. The van der Waals surface area contributed by atoms with Gasteiger partial charge in [0.15, 0.2) is 11.5 Å². The summed E-state index contributed by atoms with van der Waals surface area (Å²) in [5.74, 6) is 1.69. The monoisotopic (exact) mass is 460 g/mol. The molecule has 34 heavy (non-hydrogen) atoms. The molecule has 2 aliphatic heterocycles. The summed E-state index contributed by atoms with van der Waals surface area (Å²) in [4.78, 5) is 5.15. The molecule has 3 fully saturated rings. The van der Waals surface area contributed by atoms with E-state index in [4.69, 9.17) is 4.74 Å². The van der Waals surface area contributed by atoms with E-state index in [2.05, 4.69) is 53.1 Å². The lowest BCUT2D eigenvalue weighted by atomic mass is 9.48. The summed E-state index contributed by atoms with van der Waals surface area (Å²) in [5.41, 5.74) is 2.47. The van der Waals surface area contributed by atoms with Crippen molar-refractivity contribution in [2.24, 2.45) is 5.92 Å². The minimum Gasteiger partial charge on any atom is -0.504 e. The van der Waals surface area contributed by atoms with Gasteiger partial charge in [0.1, 0.15) is 6.10 Å². The van der Waals surface area contributed by atoms with Gasteiger partial charge in [0.25, 0.3) is 0 Å². The predicted octanol–water partition coefficient (Wildman–Crippen LogP) is 3.85.